The molecular weight excluding hydrogens is 132 g/mol. The van der Waals surface area contributed by atoms with E-state index in [2.05, 4.69) is 49.4 Å². The summed E-state index contributed by atoms with van der Waals surface area (Å²) in [6, 6.07) is 10.6. The van der Waals surface area contributed by atoms with Crippen molar-refractivity contribution in [3.05, 3.63) is 48.0 Å². The Bertz CT molecular complexity index is 263. The Morgan fingerprint density at radius 1 is 1.09 bits per heavy atom. The van der Waals surface area contributed by atoms with Gasteiger partial charge in [0.15, 0.2) is 0 Å². The highest BCUT2D eigenvalue weighted by molar-refractivity contribution is 5.29. The van der Waals surface area contributed by atoms with E-state index >= 15 is 0 Å². The second kappa shape index (κ2) is 2.23. The topological polar surface area (TPSA) is 0 Å². The SMILES string of the molecule is CC1(Cc2ccccc2)C=C1. The summed E-state index contributed by atoms with van der Waals surface area (Å²) < 4.78 is 0. The predicted molar refractivity (Wildman–Crippen MR) is 47.4 cm³/mol. The normalized spacial score (nSPS) is 18.3. The molecule has 0 heteroatoms. The molecule has 11 heavy (non-hydrogen) atoms. The molecule has 0 unspecified atom stereocenters. The van der Waals surface area contributed by atoms with Crippen LogP contribution in [0.2, 0.25) is 0 Å². The van der Waals surface area contributed by atoms with E-state index in [0.717, 1.165) is 6.42 Å². The maximum atomic E-state index is 2.26. The number of hydrogen-bond acceptors (Lipinski definition) is 0. The van der Waals surface area contributed by atoms with Gasteiger partial charge in [-0.15, -0.1) is 0 Å². The van der Waals surface area contributed by atoms with Gasteiger partial charge in [-0.1, -0.05) is 49.4 Å². The van der Waals surface area contributed by atoms with Crippen LogP contribution in [0.15, 0.2) is 42.5 Å². The molecule has 0 aliphatic heterocycles. The van der Waals surface area contributed by atoms with Crippen LogP contribution >= 0.6 is 0 Å². The van der Waals surface area contributed by atoms with Gasteiger partial charge < -0.3 is 0 Å². The Labute approximate surface area is 67.6 Å². The van der Waals surface area contributed by atoms with Gasteiger partial charge in [0.1, 0.15) is 0 Å². The fourth-order valence-electron chi connectivity index (χ4n) is 1.30. The second-order valence-corrected chi connectivity index (χ2v) is 3.50. The molecule has 0 fully saturated rings. The summed E-state index contributed by atoms with van der Waals surface area (Å²) in [7, 11) is 0. The molecule has 0 nitrogen and oxygen atoms in total. The van der Waals surface area contributed by atoms with Crippen LogP contribution in [-0.4, -0.2) is 0 Å². The zero-order chi connectivity index (χ0) is 7.73. The van der Waals surface area contributed by atoms with Crippen molar-refractivity contribution in [1.29, 1.82) is 0 Å². The van der Waals surface area contributed by atoms with E-state index in [1.54, 1.807) is 0 Å². The Morgan fingerprint density at radius 3 is 2.27 bits per heavy atom. The van der Waals surface area contributed by atoms with Crippen LogP contribution in [0.3, 0.4) is 0 Å². The summed E-state index contributed by atoms with van der Waals surface area (Å²) in [5.74, 6) is 0. The fraction of sp³-hybridized carbons (Fsp3) is 0.273. The predicted octanol–water partition coefficient (Wildman–Crippen LogP) is 2.81. The molecule has 0 spiro atoms. The van der Waals surface area contributed by atoms with Gasteiger partial charge in [-0.05, 0) is 12.0 Å². The molecule has 0 heterocycles. The van der Waals surface area contributed by atoms with Gasteiger partial charge in [0.25, 0.3) is 0 Å². The molecule has 0 aromatic heterocycles. The molecule has 2 rings (SSSR count). The van der Waals surface area contributed by atoms with Crippen LogP contribution < -0.4 is 0 Å². The summed E-state index contributed by atoms with van der Waals surface area (Å²) in [4.78, 5) is 0. The molecule has 1 aliphatic carbocycles. The third-order valence-electron chi connectivity index (χ3n) is 2.16. The van der Waals surface area contributed by atoms with Crippen molar-refractivity contribution in [1.82, 2.24) is 0 Å². The molecule has 1 aromatic rings. The highest BCUT2D eigenvalue weighted by atomic mass is 14.3. The van der Waals surface area contributed by atoms with Gasteiger partial charge in [-0.3, -0.25) is 0 Å². The first-order chi connectivity index (χ1) is 5.29. The third kappa shape index (κ3) is 1.51. The monoisotopic (exact) mass is 144 g/mol. The molecule has 0 bridgehead atoms. The standard InChI is InChI=1S/C11H12/c1-11(7-8-11)9-10-5-3-2-4-6-10/h2-8H,9H2,1H3. The van der Waals surface area contributed by atoms with Gasteiger partial charge in [0.05, 0.1) is 0 Å². The number of benzene rings is 1. The lowest BCUT2D eigenvalue weighted by atomic mass is 9.97. The highest BCUT2D eigenvalue weighted by Crippen LogP contribution is 2.36. The summed E-state index contributed by atoms with van der Waals surface area (Å²) >= 11 is 0. The minimum Gasteiger partial charge on any atom is -0.0776 e. The quantitative estimate of drug-likeness (QED) is 0.560. The van der Waals surface area contributed by atoms with Gasteiger partial charge in [0.2, 0.25) is 0 Å². The van der Waals surface area contributed by atoms with E-state index in [9.17, 15) is 0 Å². The van der Waals surface area contributed by atoms with Crippen molar-refractivity contribution in [3.63, 3.8) is 0 Å². The molecular formula is C11H12. The third-order valence-corrected chi connectivity index (χ3v) is 2.16. The van der Waals surface area contributed by atoms with E-state index in [-0.39, 0.29) is 0 Å². The van der Waals surface area contributed by atoms with E-state index in [0.29, 0.717) is 5.41 Å². The summed E-state index contributed by atoms with van der Waals surface area (Å²) in [5, 5.41) is 0. The molecule has 0 N–H and O–H groups in total. The number of allylic oxidation sites excluding steroid dienone is 2. The minimum absolute atomic E-state index is 0.404. The van der Waals surface area contributed by atoms with Crippen molar-refractivity contribution < 1.29 is 0 Å². The summed E-state index contributed by atoms with van der Waals surface area (Å²) in [5.41, 5.74) is 1.83. The summed E-state index contributed by atoms with van der Waals surface area (Å²) in [6.07, 6.45) is 5.69. The first-order valence-corrected chi connectivity index (χ1v) is 4.03. The fourth-order valence-corrected chi connectivity index (χ4v) is 1.30. The first-order valence-electron chi connectivity index (χ1n) is 4.03. The van der Waals surface area contributed by atoms with E-state index in [1.807, 2.05) is 0 Å². The second-order valence-electron chi connectivity index (χ2n) is 3.50. The minimum atomic E-state index is 0.404. The number of hydrogen-bond donors (Lipinski definition) is 0. The lowest BCUT2D eigenvalue weighted by Gasteiger charge is -2.07. The number of rotatable bonds is 2. The van der Waals surface area contributed by atoms with Crippen LogP contribution in [0, 0.1) is 5.41 Å². The Balaban J connectivity index is 2.08. The average molecular weight is 144 g/mol. The van der Waals surface area contributed by atoms with Gasteiger partial charge in [0, 0.05) is 5.41 Å². The van der Waals surface area contributed by atoms with Crippen molar-refractivity contribution >= 4 is 0 Å². The molecule has 1 aromatic carbocycles. The maximum Gasteiger partial charge on any atom is 0.00736 e. The molecule has 0 amide bonds. The zero-order valence-electron chi connectivity index (χ0n) is 6.75. The van der Waals surface area contributed by atoms with Gasteiger partial charge in [-0.2, -0.15) is 0 Å². The Morgan fingerprint density at radius 2 is 1.73 bits per heavy atom. The van der Waals surface area contributed by atoms with E-state index in [4.69, 9.17) is 0 Å². The molecule has 0 radical (unpaired) electrons. The van der Waals surface area contributed by atoms with Crippen LogP contribution in [0.1, 0.15) is 12.5 Å². The summed E-state index contributed by atoms with van der Waals surface area (Å²) in [6.45, 7) is 2.26. The van der Waals surface area contributed by atoms with Gasteiger partial charge >= 0.3 is 0 Å². The van der Waals surface area contributed by atoms with Crippen molar-refractivity contribution in [2.75, 3.05) is 0 Å². The highest BCUT2D eigenvalue weighted by Gasteiger charge is 2.27. The molecule has 0 saturated carbocycles. The molecule has 1 aliphatic rings. The van der Waals surface area contributed by atoms with Crippen LogP contribution in [-0.2, 0) is 6.42 Å². The van der Waals surface area contributed by atoms with Crippen LogP contribution in [0.4, 0.5) is 0 Å². The lowest BCUT2D eigenvalue weighted by Crippen LogP contribution is -1.99. The van der Waals surface area contributed by atoms with Crippen LogP contribution in [0.25, 0.3) is 0 Å². The van der Waals surface area contributed by atoms with Gasteiger partial charge in [-0.25, -0.2) is 0 Å². The lowest BCUT2D eigenvalue weighted by molar-refractivity contribution is 0.637. The Hall–Kier alpha value is -1.04. The van der Waals surface area contributed by atoms with Crippen molar-refractivity contribution in [2.24, 2.45) is 5.41 Å². The van der Waals surface area contributed by atoms with E-state index in [1.165, 1.54) is 5.56 Å². The smallest absolute Gasteiger partial charge is 0.00736 e. The van der Waals surface area contributed by atoms with E-state index < -0.39 is 0 Å². The Kier molecular flexibility index (Phi) is 1.35. The molecule has 56 valence electrons. The maximum absolute atomic E-state index is 2.26. The zero-order valence-corrected chi connectivity index (χ0v) is 6.75. The molecule has 0 saturated heterocycles. The van der Waals surface area contributed by atoms with Crippen molar-refractivity contribution in [3.8, 4) is 0 Å². The average Bonchev–Trinajstić information content (AvgIpc) is 2.70. The van der Waals surface area contributed by atoms with Crippen LogP contribution in [0.5, 0.6) is 0 Å². The first kappa shape index (κ1) is 6.66. The van der Waals surface area contributed by atoms with Crippen molar-refractivity contribution in [2.45, 2.75) is 13.3 Å². The largest absolute Gasteiger partial charge is 0.0776 e. The molecule has 0 atom stereocenters.